The highest BCUT2D eigenvalue weighted by Gasteiger charge is 2.20. The molecule has 1 heterocycles. The normalized spacial score (nSPS) is 16.2. The minimum absolute atomic E-state index is 0.190. The zero-order valence-corrected chi connectivity index (χ0v) is 13.1. The van der Waals surface area contributed by atoms with Gasteiger partial charge in [0.15, 0.2) is 0 Å². The number of hydrogen-bond donors (Lipinski definition) is 1. The summed E-state index contributed by atoms with van der Waals surface area (Å²) in [6, 6.07) is 7.80. The molecule has 1 aromatic carbocycles. The van der Waals surface area contributed by atoms with Gasteiger partial charge in [-0.2, -0.15) is 0 Å². The summed E-state index contributed by atoms with van der Waals surface area (Å²) >= 11 is 5.85. The lowest BCUT2D eigenvalue weighted by molar-refractivity contribution is -0.133. The summed E-state index contributed by atoms with van der Waals surface area (Å²) in [5.74, 6) is 0.243. The van der Waals surface area contributed by atoms with Crippen LogP contribution < -0.4 is 0 Å². The minimum Gasteiger partial charge on any atom is -0.395 e. The van der Waals surface area contributed by atoms with E-state index in [9.17, 15) is 4.79 Å². The summed E-state index contributed by atoms with van der Waals surface area (Å²) in [6.07, 6.45) is 2.38. The molecule has 4 nitrogen and oxygen atoms in total. The van der Waals surface area contributed by atoms with Crippen molar-refractivity contribution in [1.82, 2.24) is 9.80 Å². The summed E-state index contributed by atoms with van der Waals surface area (Å²) in [6.45, 7) is 4.18. The number of benzene rings is 1. The fourth-order valence-corrected chi connectivity index (χ4v) is 2.74. The van der Waals surface area contributed by atoms with Crippen LogP contribution in [0.2, 0.25) is 5.02 Å². The number of piperazine rings is 1. The molecular formula is C16H23ClN2O2. The van der Waals surface area contributed by atoms with E-state index in [-0.39, 0.29) is 12.5 Å². The molecule has 0 bridgehead atoms. The van der Waals surface area contributed by atoms with E-state index in [0.29, 0.717) is 13.0 Å². The monoisotopic (exact) mass is 310 g/mol. The van der Waals surface area contributed by atoms with Crippen LogP contribution in [-0.2, 0) is 11.2 Å². The topological polar surface area (TPSA) is 43.8 Å². The Labute approximate surface area is 131 Å². The first-order valence-corrected chi connectivity index (χ1v) is 7.92. The quantitative estimate of drug-likeness (QED) is 0.871. The Bertz CT molecular complexity index is 442. The van der Waals surface area contributed by atoms with Crippen molar-refractivity contribution in [2.45, 2.75) is 19.3 Å². The highest BCUT2D eigenvalue weighted by Crippen LogP contribution is 2.12. The first kappa shape index (κ1) is 16.3. The molecule has 0 unspecified atom stereocenters. The number of aliphatic hydroxyl groups excluding tert-OH is 1. The Kier molecular flexibility index (Phi) is 6.49. The summed E-state index contributed by atoms with van der Waals surface area (Å²) < 4.78 is 0. The van der Waals surface area contributed by atoms with Gasteiger partial charge < -0.3 is 10.0 Å². The van der Waals surface area contributed by atoms with Gasteiger partial charge >= 0.3 is 0 Å². The van der Waals surface area contributed by atoms with Gasteiger partial charge in [-0.3, -0.25) is 9.69 Å². The number of aliphatic hydroxyl groups is 1. The molecule has 0 radical (unpaired) electrons. The maximum atomic E-state index is 12.1. The lowest BCUT2D eigenvalue weighted by Crippen LogP contribution is -2.49. The third-order valence-electron chi connectivity index (χ3n) is 3.91. The zero-order chi connectivity index (χ0) is 15.1. The van der Waals surface area contributed by atoms with Crippen LogP contribution in [0.15, 0.2) is 24.3 Å². The Balaban J connectivity index is 1.67. The largest absolute Gasteiger partial charge is 0.395 e. The number of halogens is 1. The lowest BCUT2D eigenvalue weighted by atomic mass is 10.1. The average molecular weight is 311 g/mol. The molecule has 1 aliphatic rings. The number of hydrogen-bond acceptors (Lipinski definition) is 3. The summed E-state index contributed by atoms with van der Waals surface area (Å²) in [4.78, 5) is 16.3. The summed E-state index contributed by atoms with van der Waals surface area (Å²) in [7, 11) is 0. The van der Waals surface area contributed by atoms with Crippen molar-refractivity contribution in [2.75, 3.05) is 39.3 Å². The van der Waals surface area contributed by atoms with Crippen LogP contribution in [0.4, 0.5) is 0 Å². The van der Waals surface area contributed by atoms with Gasteiger partial charge in [0.05, 0.1) is 6.61 Å². The van der Waals surface area contributed by atoms with E-state index in [4.69, 9.17) is 16.7 Å². The maximum absolute atomic E-state index is 12.1. The number of amides is 1. The number of carbonyl (C=O) groups is 1. The fourth-order valence-electron chi connectivity index (χ4n) is 2.62. The molecule has 1 aliphatic heterocycles. The Morgan fingerprint density at radius 2 is 1.81 bits per heavy atom. The first-order chi connectivity index (χ1) is 10.2. The molecule has 1 fully saturated rings. The summed E-state index contributed by atoms with van der Waals surface area (Å²) in [5, 5.41) is 9.65. The SMILES string of the molecule is O=C(CCCc1ccc(Cl)cc1)N1CCN(CCO)CC1. The van der Waals surface area contributed by atoms with Crippen molar-refractivity contribution in [3.05, 3.63) is 34.9 Å². The molecule has 116 valence electrons. The third kappa shape index (κ3) is 5.30. The number of aryl methyl sites for hydroxylation is 1. The molecule has 1 aromatic rings. The smallest absolute Gasteiger partial charge is 0.222 e. The molecule has 21 heavy (non-hydrogen) atoms. The molecule has 2 rings (SSSR count). The molecule has 0 atom stereocenters. The fraction of sp³-hybridized carbons (Fsp3) is 0.562. The highest BCUT2D eigenvalue weighted by atomic mass is 35.5. The number of nitrogens with zero attached hydrogens (tertiary/aromatic N) is 2. The van der Waals surface area contributed by atoms with Crippen molar-refractivity contribution >= 4 is 17.5 Å². The van der Waals surface area contributed by atoms with Gasteiger partial charge in [0.25, 0.3) is 0 Å². The Morgan fingerprint density at radius 3 is 2.43 bits per heavy atom. The lowest BCUT2D eigenvalue weighted by Gasteiger charge is -2.34. The average Bonchev–Trinajstić information content (AvgIpc) is 2.50. The van der Waals surface area contributed by atoms with E-state index in [0.717, 1.165) is 44.0 Å². The van der Waals surface area contributed by atoms with E-state index < -0.39 is 0 Å². The third-order valence-corrected chi connectivity index (χ3v) is 4.16. The highest BCUT2D eigenvalue weighted by molar-refractivity contribution is 6.30. The number of β-amino-alcohol motifs (C(OH)–C–C–N with tert-alkyl or cyclic N) is 1. The van der Waals surface area contributed by atoms with Gasteiger partial charge in [0.1, 0.15) is 0 Å². The van der Waals surface area contributed by atoms with Crippen molar-refractivity contribution in [2.24, 2.45) is 0 Å². The van der Waals surface area contributed by atoms with Gasteiger partial charge in [-0.1, -0.05) is 23.7 Å². The second-order valence-corrected chi connectivity index (χ2v) is 5.86. The molecule has 0 saturated carbocycles. The van der Waals surface area contributed by atoms with Crippen LogP contribution >= 0.6 is 11.6 Å². The van der Waals surface area contributed by atoms with Crippen molar-refractivity contribution < 1.29 is 9.90 Å². The molecule has 1 N–H and O–H groups in total. The first-order valence-electron chi connectivity index (χ1n) is 7.54. The van der Waals surface area contributed by atoms with Crippen LogP contribution in [0.5, 0.6) is 0 Å². The van der Waals surface area contributed by atoms with Crippen molar-refractivity contribution in [1.29, 1.82) is 0 Å². The molecule has 0 aromatic heterocycles. The standard InChI is InChI=1S/C16H23ClN2O2/c17-15-6-4-14(5-7-15)2-1-3-16(21)19-10-8-18(9-11-19)12-13-20/h4-7,20H,1-3,8-13H2. The van der Waals surface area contributed by atoms with E-state index in [1.165, 1.54) is 5.56 Å². The molecule has 1 saturated heterocycles. The van der Waals surface area contributed by atoms with Crippen LogP contribution in [0.3, 0.4) is 0 Å². The van der Waals surface area contributed by atoms with Crippen LogP contribution in [0.1, 0.15) is 18.4 Å². The zero-order valence-electron chi connectivity index (χ0n) is 12.3. The van der Waals surface area contributed by atoms with Crippen molar-refractivity contribution in [3.8, 4) is 0 Å². The van der Waals surface area contributed by atoms with Gasteiger partial charge in [0.2, 0.25) is 5.91 Å². The van der Waals surface area contributed by atoms with E-state index in [1.54, 1.807) is 0 Å². The molecule has 1 amide bonds. The predicted octanol–water partition coefficient (Wildman–Crippen LogP) is 1.80. The van der Waals surface area contributed by atoms with Gasteiger partial charge in [-0.15, -0.1) is 0 Å². The van der Waals surface area contributed by atoms with Crippen LogP contribution in [0, 0.1) is 0 Å². The van der Waals surface area contributed by atoms with Gasteiger partial charge in [0, 0.05) is 44.2 Å². The van der Waals surface area contributed by atoms with E-state index >= 15 is 0 Å². The van der Waals surface area contributed by atoms with Crippen LogP contribution in [0.25, 0.3) is 0 Å². The summed E-state index contributed by atoms with van der Waals surface area (Å²) in [5.41, 5.74) is 1.22. The van der Waals surface area contributed by atoms with Gasteiger partial charge in [-0.05, 0) is 30.5 Å². The second kappa shape index (κ2) is 8.37. The molecule has 0 aliphatic carbocycles. The number of carbonyl (C=O) groups excluding carboxylic acids is 1. The second-order valence-electron chi connectivity index (χ2n) is 5.43. The van der Waals surface area contributed by atoms with Crippen molar-refractivity contribution in [3.63, 3.8) is 0 Å². The van der Waals surface area contributed by atoms with E-state index in [2.05, 4.69) is 4.90 Å². The molecule has 0 spiro atoms. The number of rotatable bonds is 6. The minimum atomic E-state index is 0.190. The Hall–Kier alpha value is -1.10. The van der Waals surface area contributed by atoms with Gasteiger partial charge in [-0.25, -0.2) is 0 Å². The predicted molar refractivity (Wildman–Crippen MR) is 84.5 cm³/mol. The van der Waals surface area contributed by atoms with E-state index in [1.807, 2.05) is 29.2 Å². The maximum Gasteiger partial charge on any atom is 0.222 e. The molecule has 5 heteroatoms. The Morgan fingerprint density at radius 1 is 1.14 bits per heavy atom. The van der Waals surface area contributed by atoms with Crippen LogP contribution in [-0.4, -0.2) is 60.1 Å². The molecular weight excluding hydrogens is 288 g/mol.